The lowest BCUT2D eigenvalue weighted by atomic mass is 9.84. The SMILES string of the molecule is CC(C)(CNC(=O)c1ccc(N)c([N+](=O)[O-])c1)c1ccc(Cl)c(Cl)c1. The molecule has 0 aromatic heterocycles. The maximum atomic E-state index is 12.3. The van der Waals surface area contributed by atoms with Gasteiger partial charge in [-0.1, -0.05) is 43.1 Å². The fraction of sp³-hybridized carbons (Fsp3) is 0.235. The first-order valence-electron chi connectivity index (χ1n) is 7.39. The van der Waals surface area contributed by atoms with Gasteiger partial charge in [0, 0.05) is 23.6 Å². The van der Waals surface area contributed by atoms with E-state index in [1.165, 1.54) is 12.1 Å². The van der Waals surface area contributed by atoms with Crippen LogP contribution in [0.15, 0.2) is 36.4 Å². The summed E-state index contributed by atoms with van der Waals surface area (Å²) in [6, 6.07) is 9.25. The van der Waals surface area contributed by atoms with Crippen LogP contribution in [-0.2, 0) is 5.41 Å². The molecule has 2 rings (SSSR count). The summed E-state index contributed by atoms with van der Waals surface area (Å²) in [6.07, 6.45) is 0. The molecular weight excluding hydrogens is 365 g/mol. The Morgan fingerprint density at radius 2 is 1.88 bits per heavy atom. The van der Waals surface area contributed by atoms with Crippen LogP contribution in [0.2, 0.25) is 10.0 Å². The summed E-state index contributed by atoms with van der Waals surface area (Å²) in [5.74, 6) is -0.420. The predicted molar refractivity (Wildman–Crippen MR) is 99.3 cm³/mol. The molecule has 2 aromatic rings. The van der Waals surface area contributed by atoms with Crippen LogP contribution >= 0.6 is 23.2 Å². The first-order chi connectivity index (χ1) is 11.6. The molecule has 0 bridgehead atoms. The highest BCUT2D eigenvalue weighted by molar-refractivity contribution is 6.42. The minimum atomic E-state index is -0.619. The van der Waals surface area contributed by atoms with Crippen LogP contribution in [0.25, 0.3) is 0 Å². The molecule has 0 saturated heterocycles. The molecular formula is C17H17Cl2N3O3. The Bertz CT molecular complexity index is 838. The van der Waals surface area contributed by atoms with Crippen LogP contribution in [0.1, 0.15) is 29.8 Å². The molecule has 6 nitrogen and oxygen atoms in total. The van der Waals surface area contributed by atoms with E-state index >= 15 is 0 Å². The Balaban J connectivity index is 2.14. The number of nitro groups is 1. The molecule has 8 heteroatoms. The third-order valence-corrected chi connectivity index (χ3v) is 4.62. The molecule has 0 aliphatic rings. The quantitative estimate of drug-likeness (QED) is 0.460. The number of anilines is 1. The number of nitrogen functional groups attached to an aromatic ring is 1. The standard InChI is InChI=1S/C17H17Cl2N3O3/c1-17(2,11-4-5-12(18)13(19)8-11)9-21-16(23)10-3-6-14(20)15(7-10)22(24)25/h3-8H,9,20H2,1-2H3,(H,21,23). The average Bonchev–Trinajstić information content (AvgIpc) is 2.55. The van der Waals surface area contributed by atoms with Crippen LogP contribution < -0.4 is 11.1 Å². The van der Waals surface area contributed by atoms with E-state index < -0.39 is 16.2 Å². The summed E-state index contributed by atoms with van der Waals surface area (Å²) >= 11 is 12.0. The molecule has 0 spiro atoms. The number of benzene rings is 2. The van der Waals surface area contributed by atoms with Gasteiger partial charge in [0.1, 0.15) is 5.69 Å². The fourth-order valence-electron chi connectivity index (χ4n) is 2.27. The number of carbonyl (C=O) groups is 1. The van der Waals surface area contributed by atoms with Crippen molar-refractivity contribution in [3.63, 3.8) is 0 Å². The van der Waals surface area contributed by atoms with Gasteiger partial charge in [0.2, 0.25) is 0 Å². The number of carbonyl (C=O) groups excluding carboxylic acids is 1. The van der Waals surface area contributed by atoms with Gasteiger partial charge in [-0.25, -0.2) is 0 Å². The molecule has 0 saturated carbocycles. The van der Waals surface area contributed by atoms with E-state index in [0.717, 1.165) is 11.6 Å². The van der Waals surface area contributed by atoms with E-state index in [9.17, 15) is 14.9 Å². The number of nitrogens with one attached hydrogen (secondary N) is 1. The summed E-state index contributed by atoms with van der Waals surface area (Å²) in [5.41, 5.74) is 5.92. The summed E-state index contributed by atoms with van der Waals surface area (Å²) in [7, 11) is 0. The average molecular weight is 382 g/mol. The second-order valence-corrected chi connectivity index (χ2v) is 7.04. The van der Waals surface area contributed by atoms with Crippen LogP contribution in [-0.4, -0.2) is 17.4 Å². The van der Waals surface area contributed by atoms with Crippen molar-refractivity contribution < 1.29 is 9.72 Å². The zero-order chi connectivity index (χ0) is 18.8. The number of halogens is 2. The van der Waals surface area contributed by atoms with Crippen LogP contribution in [0.5, 0.6) is 0 Å². The Kier molecular flexibility index (Phi) is 5.55. The maximum Gasteiger partial charge on any atom is 0.292 e. The molecule has 0 unspecified atom stereocenters. The molecule has 0 aliphatic carbocycles. The first-order valence-corrected chi connectivity index (χ1v) is 8.15. The van der Waals surface area contributed by atoms with Gasteiger partial charge in [-0.05, 0) is 29.8 Å². The summed E-state index contributed by atoms with van der Waals surface area (Å²) in [4.78, 5) is 22.6. The molecule has 2 aromatic carbocycles. The van der Waals surface area contributed by atoms with Gasteiger partial charge in [0.25, 0.3) is 11.6 Å². The monoisotopic (exact) mass is 381 g/mol. The van der Waals surface area contributed by atoms with Crippen molar-refractivity contribution >= 4 is 40.5 Å². The van der Waals surface area contributed by atoms with Gasteiger partial charge in [-0.2, -0.15) is 0 Å². The second-order valence-electron chi connectivity index (χ2n) is 6.23. The van der Waals surface area contributed by atoms with Gasteiger partial charge in [-0.15, -0.1) is 0 Å². The highest BCUT2D eigenvalue weighted by Crippen LogP contribution is 2.29. The molecule has 3 N–H and O–H groups in total. The predicted octanol–water partition coefficient (Wildman–Crippen LogP) is 4.19. The Hall–Kier alpha value is -2.31. The van der Waals surface area contributed by atoms with Crippen molar-refractivity contribution in [1.29, 1.82) is 0 Å². The van der Waals surface area contributed by atoms with Gasteiger partial charge in [0.15, 0.2) is 0 Å². The highest BCUT2D eigenvalue weighted by atomic mass is 35.5. The van der Waals surface area contributed by atoms with Crippen LogP contribution in [0.4, 0.5) is 11.4 Å². The molecule has 0 heterocycles. The number of nitro benzene ring substituents is 1. The lowest BCUT2D eigenvalue weighted by Crippen LogP contribution is -2.36. The molecule has 0 fully saturated rings. The van der Waals surface area contributed by atoms with E-state index in [4.69, 9.17) is 28.9 Å². The van der Waals surface area contributed by atoms with Gasteiger partial charge < -0.3 is 11.1 Å². The van der Waals surface area contributed by atoms with E-state index in [1.54, 1.807) is 12.1 Å². The summed E-state index contributed by atoms with van der Waals surface area (Å²) in [5, 5.41) is 14.6. The molecule has 1 amide bonds. The van der Waals surface area contributed by atoms with Crippen molar-refractivity contribution in [2.45, 2.75) is 19.3 Å². The molecule has 0 radical (unpaired) electrons. The smallest absolute Gasteiger partial charge is 0.292 e. The zero-order valence-electron chi connectivity index (χ0n) is 13.7. The number of nitrogens with two attached hydrogens (primary N) is 1. The zero-order valence-corrected chi connectivity index (χ0v) is 15.2. The first kappa shape index (κ1) is 19.0. The van der Waals surface area contributed by atoms with Crippen molar-refractivity contribution in [3.8, 4) is 0 Å². The summed E-state index contributed by atoms with van der Waals surface area (Å²) in [6.45, 7) is 4.19. The number of hydrogen-bond donors (Lipinski definition) is 2. The molecule has 0 atom stereocenters. The molecule has 0 aliphatic heterocycles. The number of hydrogen-bond acceptors (Lipinski definition) is 4. The van der Waals surface area contributed by atoms with E-state index in [0.29, 0.717) is 16.6 Å². The van der Waals surface area contributed by atoms with Gasteiger partial charge in [-0.3, -0.25) is 14.9 Å². The fourth-order valence-corrected chi connectivity index (χ4v) is 2.56. The van der Waals surface area contributed by atoms with E-state index in [-0.39, 0.29) is 16.9 Å². The lowest BCUT2D eigenvalue weighted by molar-refractivity contribution is -0.383. The topological polar surface area (TPSA) is 98.3 Å². The maximum absolute atomic E-state index is 12.3. The summed E-state index contributed by atoms with van der Waals surface area (Å²) < 4.78 is 0. The minimum absolute atomic E-state index is 0.0117. The van der Waals surface area contributed by atoms with Crippen molar-refractivity contribution in [2.75, 3.05) is 12.3 Å². The number of amides is 1. The van der Waals surface area contributed by atoms with Crippen molar-refractivity contribution in [1.82, 2.24) is 5.32 Å². The van der Waals surface area contributed by atoms with E-state index in [2.05, 4.69) is 5.32 Å². The number of nitrogens with zero attached hydrogens (tertiary/aromatic N) is 1. The van der Waals surface area contributed by atoms with E-state index in [1.807, 2.05) is 19.9 Å². The second kappa shape index (κ2) is 7.29. The highest BCUT2D eigenvalue weighted by Gasteiger charge is 2.23. The van der Waals surface area contributed by atoms with Gasteiger partial charge >= 0.3 is 0 Å². The Labute approximate surface area is 155 Å². The minimum Gasteiger partial charge on any atom is -0.393 e. The molecule has 132 valence electrons. The largest absolute Gasteiger partial charge is 0.393 e. The molecule has 25 heavy (non-hydrogen) atoms. The third kappa shape index (κ3) is 4.41. The van der Waals surface area contributed by atoms with Crippen molar-refractivity contribution in [2.24, 2.45) is 0 Å². The van der Waals surface area contributed by atoms with Crippen LogP contribution in [0.3, 0.4) is 0 Å². The number of rotatable bonds is 5. The lowest BCUT2D eigenvalue weighted by Gasteiger charge is -2.26. The normalized spacial score (nSPS) is 11.2. The van der Waals surface area contributed by atoms with Crippen LogP contribution in [0, 0.1) is 10.1 Å². The Morgan fingerprint density at radius 3 is 2.48 bits per heavy atom. The van der Waals surface area contributed by atoms with Crippen molar-refractivity contribution in [3.05, 3.63) is 67.7 Å². The van der Waals surface area contributed by atoms with Gasteiger partial charge in [0.05, 0.1) is 15.0 Å². The Morgan fingerprint density at radius 1 is 1.20 bits per heavy atom. The third-order valence-electron chi connectivity index (χ3n) is 3.88.